The first-order valence-corrected chi connectivity index (χ1v) is 15.9. The quantitative estimate of drug-likeness (QED) is 0.182. The lowest BCUT2D eigenvalue weighted by Gasteiger charge is -2.06. The number of aryl methyl sites for hydroxylation is 2. The number of benzene rings is 4. The highest BCUT2D eigenvalue weighted by Crippen LogP contribution is 2.25. The standard InChI is InChI=1S/C32H24Cl2N4O3S2/c1-3-37-25-15-9-21(33)17-27(25)42-31(37)35-29(39)19-5-11-23(12-6-19)41-24-13-7-20(8-14-24)30(40)36-32-38(4-2)26-16-10-22(34)18-28(26)43-32/h5-18H,3-4H2,1-2H3. The van der Waals surface area contributed by atoms with Crippen LogP contribution in [0.15, 0.2) is 94.9 Å². The van der Waals surface area contributed by atoms with E-state index in [9.17, 15) is 9.59 Å². The smallest absolute Gasteiger partial charge is 0.279 e. The van der Waals surface area contributed by atoms with Crippen LogP contribution in [-0.2, 0) is 13.1 Å². The number of halogens is 2. The fourth-order valence-electron chi connectivity index (χ4n) is 4.65. The van der Waals surface area contributed by atoms with E-state index in [4.69, 9.17) is 27.9 Å². The fraction of sp³-hybridized carbons (Fsp3) is 0.125. The van der Waals surface area contributed by atoms with Crippen LogP contribution < -0.4 is 14.3 Å². The van der Waals surface area contributed by atoms with E-state index in [1.165, 1.54) is 22.7 Å². The summed E-state index contributed by atoms with van der Waals surface area (Å²) >= 11 is 15.1. The van der Waals surface area contributed by atoms with Gasteiger partial charge in [0.1, 0.15) is 11.5 Å². The lowest BCUT2D eigenvalue weighted by atomic mass is 10.2. The molecule has 0 radical (unpaired) electrons. The number of carbonyl (C=O) groups is 2. The van der Waals surface area contributed by atoms with Crippen molar-refractivity contribution in [1.82, 2.24) is 9.13 Å². The monoisotopic (exact) mass is 646 g/mol. The molecular weight excluding hydrogens is 623 g/mol. The Morgan fingerprint density at radius 3 is 1.42 bits per heavy atom. The molecule has 0 fully saturated rings. The molecule has 0 bridgehead atoms. The van der Waals surface area contributed by atoms with Gasteiger partial charge in [0, 0.05) is 34.3 Å². The zero-order valence-corrected chi connectivity index (χ0v) is 26.2. The minimum absolute atomic E-state index is 0.343. The predicted octanol–water partition coefficient (Wildman–Crippen LogP) is 8.34. The second-order valence-electron chi connectivity index (χ2n) is 9.47. The number of amides is 2. The minimum atomic E-state index is -0.343. The maximum atomic E-state index is 12.9. The third-order valence-corrected chi connectivity index (χ3v) is 9.31. The molecule has 6 aromatic rings. The van der Waals surface area contributed by atoms with Crippen molar-refractivity contribution in [2.45, 2.75) is 26.9 Å². The number of hydrogen-bond acceptors (Lipinski definition) is 5. The van der Waals surface area contributed by atoms with Crippen LogP contribution in [0.1, 0.15) is 34.6 Å². The maximum absolute atomic E-state index is 12.9. The van der Waals surface area contributed by atoms with Crippen molar-refractivity contribution >= 4 is 78.1 Å². The molecule has 2 heterocycles. The summed E-state index contributed by atoms with van der Waals surface area (Å²) < 4.78 is 11.9. The maximum Gasteiger partial charge on any atom is 0.279 e. The van der Waals surface area contributed by atoms with Gasteiger partial charge in [-0.2, -0.15) is 9.98 Å². The topological polar surface area (TPSA) is 78.0 Å². The normalized spacial score (nSPS) is 12.4. The number of hydrogen-bond donors (Lipinski definition) is 0. The second-order valence-corrected chi connectivity index (χ2v) is 12.4. The minimum Gasteiger partial charge on any atom is -0.457 e. The zero-order chi connectivity index (χ0) is 30.1. The van der Waals surface area contributed by atoms with Crippen LogP contribution in [0.2, 0.25) is 10.0 Å². The van der Waals surface area contributed by atoms with Crippen LogP contribution >= 0.6 is 45.9 Å². The van der Waals surface area contributed by atoms with Crippen LogP contribution in [0.3, 0.4) is 0 Å². The van der Waals surface area contributed by atoms with E-state index in [0.29, 0.717) is 55.4 Å². The second kappa shape index (κ2) is 12.3. The van der Waals surface area contributed by atoms with Crippen LogP contribution in [0.5, 0.6) is 11.5 Å². The first-order chi connectivity index (χ1) is 20.8. The lowest BCUT2D eigenvalue weighted by Crippen LogP contribution is -2.15. The van der Waals surface area contributed by atoms with Crippen molar-refractivity contribution in [3.63, 3.8) is 0 Å². The van der Waals surface area contributed by atoms with Gasteiger partial charge in [0.2, 0.25) is 0 Å². The molecule has 2 amide bonds. The summed E-state index contributed by atoms with van der Waals surface area (Å²) in [4.78, 5) is 35.9. The molecule has 4 aromatic carbocycles. The molecule has 6 rings (SSSR count). The highest BCUT2D eigenvalue weighted by atomic mass is 35.5. The molecule has 216 valence electrons. The molecule has 2 aromatic heterocycles. The molecule has 7 nitrogen and oxygen atoms in total. The Bertz CT molecular complexity index is 1990. The Balaban J connectivity index is 1.17. The van der Waals surface area contributed by atoms with Crippen molar-refractivity contribution in [2.75, 3.05) is 0 Å². The molecular formula is C32H24Cl2N4O3S2. The first kappa shape index (κ1) is 29.1. The zero-order valence-electron chi connectivity index (χ0n) is 23.1. The van der Waals surface area contributed by atoms with Gasteiger partial charge in [0.05, 0.1) is 20.4 Å². The van der Waals surface area contributed by atoms with Crippen molar-refractivity contribution in [3.05, 3.63) is 116 Å². The van der Waals surface area contributed by atoms with Crippen LogP contribution in [0.25, 0.3) is 20.4 Å². The summed E-state index contributed by atoms with van der Waals surface area (Å²) in [7, 11) is 0. The van der Waals surface area contributed by atoms with E-state index in [2.05, 4.69) is 9.98 Å². The molecule has 0 spiro atoms. The molecule has 0 aliphatic heterocycles. The van der Waals surface area contributed by atoms with E-state index >= 15 is 0 Å². The average Bonchev–Trinajstić information content (AvgIpc) is 3.52. The molecule has 0 aliphatic carbocycles. The molecule has 0 aliphatic rings. The predicted molar refractivity (Wildman–Crippen MR) is 174 cm³/mol. The van der Waals surface area contributed by atoms with E-state index in [1.807, 2.05) is 59.4 Å². The van der Waals surface area contributed by atoms with E-state index < -0.39 is 0 Å². The van der Waals surface area contributed by atoms with E-state index in [0.717, 1.165) is 20.4 Å². The van der Waals surface area contributed by atoms with Gasteiger partial charge in [0.25, 0.3) is 11.8 Å². The first-order valence-electron chi connectivity index (χ1n) is 13.5. The largest absolute Gasteiger partial charge is 0.457 e. The van der Waals surface area contributed by atoms with Crippen molar-refractivity contribution < 1.29 is 14.3 Å². The van der Waals surface area contributed by atoms with Gasteiger partial charge in [-0.25, -0.2) is 0 Å². The van der Waals surface area contributed by atoms with Crippen LogP contribution in [-0.4, -0.2) is 20.9 Å². The summed E-state index contributed by atoms with van der Waals surface area (Å²) in [6, 6.07) is 24.9. The van der Waals surface area contributed by atoms with Crippen LogP contribution in [0, 0.1) is 0 Å². The third-order valence-electron chi connectivity index (χ3n) is 6.75. The van der Waals surface area contributed by atoms with Crippen molar-refractivity contribution in [2.24, 2.45) is 9.98 Å². The van der Waals surface area contributed by atoms with Crippen LogP contribution in [0.4, 0.5) is 0 Å². The number of nitrogens with zero attached hydrogens (tertiary/aromatic N) is 4. The summed E-state index contributed by atoms with van der Waals surface area (Å²) in [5.41, 5.74) is 2.87. The summed E-state index contributed by atoms with van der Waals surface area (Å²) in [6.45, 7) is 5.38. The van der Waals surface area contributed by atoms with Gasteiger partial charge in [-0.1, -0.05) is 45.9 Å². The SMILES string of the molecule is CCn1c(=NC(=O)c2ccc(Oc3ccc(C(=O)N=c4sc5cc(Cl)ccc5n4CC)cc3)cc2)sc2cc(Cl)ccc21. The number of fused-ring (bicyclic) bond motifs is 2. The number of thiazole rings is 2. The molecule has 0 unspecified atom stereocenters. The highest BCUT2D eigenvalue weighted by molar-refractivity contribution is 7.16. The van der Waals surface area contributed by atoms with E-state index in [1.54, 1.807) is 48.5 Å². The average molecular weight is 648 g/mol. The van der Waals surface area contributed by atoms with Gasteiger partial charge in [-0.3, -0.25) is 9.59 Å². The molecule has 0 saturated carbocycles. The summed E-state index contributed by atoms with van der Waals surface area (Å²) in [6.07, 6.45) is 0. The Kier molecular flexibility index (Phi) is 8.32. The Labute approximate surface area is 264 Å². The molecule has 0 N–H and O–H groups in total. The third kappa shape index (κ3) is 6.07. The number of aromatic nitrogens is 2. The van der Waals surface area contributed by atoms with Gasteiger partial charge in [-0.15, -0.1) is 0 Å². The van der Waals surface area contributed by atoms with Crippen molar-refractivity contribution in [3.8, 4) is 11.5 Å². The lowest BCUT2D eigenvalue weighted by molar-refractivity contribution is 0.0989. The number of carbonyl (C=O) groups excluding carboxylic acids is 2. The van der Waals surface area contributed by atoms with Gasteiger partial charge >= 0.3 is 0 Å². The summed E-state index contributed by atoms with van der Waals surface area (Å²) in [5, 5.41) is 1.29. The Morgan fingerprint density at radius 2 is 1.05 bits per heavy atom. The van der Waals surface area contributed by atoms with Gasteiger partial charge in [0.15, 0.2) is 9.60 Å². The highest BCUT2D eigenvalue weighted by Gasteiger charge is 2.11. The molecule has 0 saturated heterocycles. The fourth-order valence-corrected chi connectivity index (χ4v) is 7.38. The summed E-state index contributed by atoms with van der Waals surface area (Å²) in [5.74, 6) is 0.412. The number of ether oxygens (including phenoxy) is 1. The Morgan fingerprint density at radius 1 is 0.651 bits per heavy atom. The molecule has 0 atom stereocenters. The van der Waals surface area contributed by atoms with E-state index in [-0.39, 0.29) is 11.8 Å². The molecule has 43 heavy (non-hydrogen) atoms. The molecule has 11 heteroatoms. The van der Waals surface area contributed by atoms with Gasteiger partial charge in [-0.05, 0) is 98.8 Å². The van der Waals surface area contributed by atoms with Crippen molar-refractivity contribution in [1.29, 1.82) is 0 Å². The number of rotatable bonds is 6. The Hall–Kier alpha value is -4.02. The van der Waals surface area contributed by atoms with Gasteiger partial charge < -0.3 is 13.9 Å².